The number of rotatable bonds is 4. The third-order valence-corrected chi connectivity index (χ3v) is 7.01. The van der Waals surface area contributed by atoms with Crippen molar-refractivity contribution in [2.75, 3.05) is 32.8 Å². The third kappa shape index (κ3) is 5.50. The molecule has 1 aromatic carbocycles. The number of amides is 2. The van der Waals surface area contributed by atoms with Crippen molar-refractivity contribution in [1.29, 1.82) is 0 Å². The first-order valence-corrected chi connectivity index (χ1v) is 11.3. The minimum Gasteiger partial charge on any atom is -0.370 e. The Morgan fingerprint density at radius 2 is 1.71 bits per heavy atom. The van der Waals surface area contributed by atoms with Crippen LogP contribution in [0.15, 0.2) is 24.3 Å². The number of carbonyl (C=O) groups is 2. The van der Waals surface area contributed by atoms with Crippen LogP contribution in [0.4, 0.5) is 31.1 Å². The van der Waals surface area contributed by atoms with Gasteiger partial charge in [-0.2, -0.15) is 26.3 Å². The number of nitrogens with zero attached hydrogens (tertiary/aromatic N) is 2. The minimum absolute atomic E-state index is 0.0182. The monoisotopic (exact) mass is 492 g/mol. The highest BCUT2D eigenvalue weighted by Gasteiger charge is 2.43. The molecule has 0 aromatic heterocycles. The van der Waals surface area contributed by atoms with E-state index >= 15 is 0 Å². The molecule has 2 amide bonds. The molecular formula is C23H26F6N2O3. The SMILES string of the molecule is O=C1CO[C@H]2CCN(C(=O)N3CC(CCC(c4ccc(C(F)(F)F)cc4)C(F)(F)F)C3)C[C@H]2C1. The van der Waals surface area contributed by atoms with Gasteiger partial charge in [0.05, 0.1) is 17.6 Å². The Hall–Kier alpha value is -2.30. The van der Waals surface area contributed by atoms with Gasteiger partial charge in [-0.3, -0.25) is 4.79 Å². The summed E-state index contributed by atoms with van der Waals surface area (Å²) in [5, 5.41) is 0. The third-order valence-electron chi connectivity index (χ3n) is 7.01. The van der Waals surface area contributed by atoms with E-state index in [4.69, 9.17) is 4.74 Å². The molecule has 34 heavy (non-hydrogen) atoms. The molecule has 3 aliphatic heterocycles. The van der Waals surface area contributed by atoms with Crippen molar-refractivity contribution in [3.8, 4) is 0 Å². The van der Waals surface area contributed by atoms with Crippen LogP contribution in [0.2, 0.25) is 0 Å². The van der Waals surface area contributed by atoms with Gasteiger partial charge in [0.2, 0.25) is 0 Å². The van der Waals surface area contributed by atoms with Gasteiger partial charge in [0.1, 0.15) is 6.61 Å². The maximum absolute atomic E-state index is 13.6. The molecule has 5 nitrogen and oxygen atoms in total. The molecule has 0 spiro atoms. The predicted molar refractivity (Wildman–Crippen MR) is 109 cm³/mol. The van der Waals surface area contributed by atoms with Crippen LogP contribution in [0.1, 0.15) is 42.7 Å². The molecule has 0 radical (unpaired) electrons. The van der Waals surface area contributed by atoms with Crippen LogP contribution in [0.25, 0.3) is 0 Å². The summed E-state index contributed by atoms with van der Waals surface area (Å²) in [6.07, 6.45) is -8.21. The number of fused-ring (bicyclic) bond motifs is 1. The number of Topliss-reactive ketones (excluding diaryl/α,β-unsaturated/α-hetero) is 1. The maximum Gasteiger partial charge on any atom is 0.416 e. The van der Waals surface area contributed by atoms with Gasteiger partial charge in [-0.15, -0.1) is 0 Å². The molecule has 4 rings (SSSR count). The van der Waals surface area contributed by atoms with Crippen LogP contribution in [0.5, 0.6) is 0 Å². The van der Waals surface area contributed by atoms with Crippen LogP contribution < -0.4 is 0 Å². The zero-order valence-electron chi connectivity index (χ0n) is 18.4. The molecule has 11 heteroatoms. The normalized spacial score (nSPS) is 25.1. The molecule has 0 bridgehead atoms. The Kier molecular flexibility index (Phi) is 6.85. The lowest BCUT2D eigenvalue weighted by molar-refractivity contribution is -0.153. The first kappa shape index (κ1) is 24.8. The van der Waals surface area contributed by atoms with Crippen LogP contribution in [0.3, 0.4) is 0 Å². The molecule has 3 atom stereocenters. The lowest BCUT2D eigenvalue weighted by Crippen LogP contribution is -2.58. The molecule has 3 heterocycles. The van der Waals surface area contributed by atoms with E-state index in [-0.39, 0.29) is 54.8 Å². The molecule has 0 saturated carbocycles. The van der Waals surface area contributed by atoms with E-state index < -0.39 is 23.8 Å². The molecule has 1 unspecified atom stereocenters. The zero-order valence-corrected chi connectivity index (χ0v) is 18.4. The average Bonchev–Trinajstić information content (AvgIpc) is 2.73. The summed E-state index contributed by atoms with van der Waals surface area (Å²) in [5.41, 5.74) is -1.18. The second-order valence-corrected chi connectivity index (χ2v) is 9.43. The van der Waals surface area contributed by atoms with Gasteiger partial charge < -0.3 is 14.5 Å². The number of likely N-dealkylation sites (tertiary alicyclic amines) is 2. The number of hydrogen-bond acceptors (Lipinski definition) is 3. The Morgan fingerprint density at radius 1 is 1.03 bits per heavy atom. The summed E-state index contributed by atoms with van der Waals surface area (Å²) >= 11 is 0. The number of hydrogen-bond donors (Lipinski definition) is 0. The second kappa shape index (κ2) is 9.39. The van der Waals surface area contributed by atoms with Crippen LogP contribution in [-0.2, 0) is 15.7 Å². The molecule has 1 aromatic rings. The van der Waals surface area contributed by atoms with Crippen molar-refractivity contribution >= 4 is 11.8 Å². The van der Waals surface area contributed by atoms with E-state index in [1.54, 1.807) is 9.80 Å². The Morgan fingerprint density at radius 3 is 2.32 bits per heavy atom. The van der Waals surface area contributed by atoms with Crippen molar-refractivity contribution < 1.29 is 40.7 Å². The van der Waals surface area contributed by atoms with E-state index in [0.29, 0.717) is 51.2 Å². The summed E-state index contributed by atoms with van der Waals surface area (Å²) in [7, 11) is 0. The van der Waals surface area contributed by atoms with E-state index in [9.17, 15) is 35.9 Å². The second-order valence-electron chi connectivity index (χ2n) is 9.43. The number of benzene rings is 1. The summed E-state index contributed by atoms with van der Waals surface area (Å²) in [6, 6.07) is 2.95. The first-order valence-electron chi connectivity index (χ1n) is 11.3. The quantitative estimate of drug-likeness (QED) is 0.564. The molecule has 3 fully saturated rings. The van der Waals surface area contributed by atoms with E-state index in [0.717, 1.165) is 12.1 Å². The number of ketones is 1. The van der Waals surface area contributed by atoms with E-state index in [2.05, 4.69) is 0 Å². The smallest absolute Gasteiger partial charge is 0.370 e. The lowest BCUT2D eigenvalue weighted by Gasteiger charge is -2.46. The maximum atomic E-state index is 13.6. The topological polar surface area (TPSA) is 49.9 Å². The molecule has 0 aliphatic carbocycles. The van der Waals surface area contributed by atoms with Crippen molar-refractivity contribution in [3.63, 3.8) is 0 Å². The number of ether oxygens (including phenoxy) is 1. The summed E-state index contributed by atoms with van der Waals surface area (Å²) < 4.78 is 84.5. The molecule has 188 valence electrons. The highest BCUT2D eigenvalue weighted by Crippen LogP contribution is 2.41. The Balaban J connectivity index is 1.28. The van der Waals surface area contributed by atoms with Crippen molar-refractivity contribution in [1.82, 2.24) is 9.80 Å². The van der Waals surface area contributed by atoms with Gasteiger partial charge in [0.15, 0.2) is 5.78 Å². The minimum atomic E-state index is -4.61. The summed E-state index contributed by atoms with van der Waals surface area (Å²) in [6.45, 7) is 1.75. The average molecular weight is 492 g/mol. The fourth-order valence-corrected chi connectivity index (χ4v) is 5.09. The van der Waals surface area contributed by atoms with Gasteiger partial charge in [-0.05, 0) is 42.9 Å². The molecule has 3 saturated heterocycles. The van der Waals surface area contributed by atoms with Gasteiger partial charge in [-0.25, -0.2) is 4.79 Å². The fourth-order valence-electron chi connectivity index (χ4n) is 5.09. The van der Waals surface area contributed by atoms with E-state index in [1.165, 1.54) is 0 Å². The number of alkyl halides is 6. The van der Waals surface area contributed by atoms with Crippen molar-refractivity contribution in [3.05, 3.63) is 35.4 Å². The zero-order chi connectivity index (χ0) is 24.7. The van der Waals surface area contributed by atoms with Gasteiger partial charge in [-0.1, -0.05) is 12.1 Å². The van der Waals surface area contributed by atoms with Crippen molar-refractivity contribution in [2.24, 2.45) is 11.8 Å². The summed E-state index contributed by atoms with van der Waals surface area (Å²) in [5.74, 6) is -1.96. The van der Waals surface area contributed by atoms with Crippen molar-refractivity contribution in [2.45, 2.75) is 50.1 Å². The standard InChI is InChI=1S/C23H26F6N2O3/c24-22(25,26)17-4-2-15(3-5-17)19(23(27,28)29)6-1-14-10-31(11-14)21(33)30-8-7-20-16(12-30)9-18(32)13-34-20/h2-5,14,16,19-20H,1,6-13H2/t16-,19?,20+/m1/s1. The highest BCUT2D eigenvalue weighted by molar-refractivity contribution is 5.81. The first-order chi connectivity index (χ1) is 15.9. The lowest BCUT2D eigenvalue weighted by atomic mass is 9.86. The number of urea groups is 1. The largest absolute Gasteiger partial charge is 0.416 e. The van der Waals surface area contributed by atoms with Crippen LogP contribution >= 0.6 is 0 Å². The number of carbonyl (C=O) groups excluding carboxylic acids is 2. The predicted octanol–water partition coefficient (Wildman–Crippen LogP) is 4.86. The Bertz CT molecular complexity index is 895. The Labute approximate surface area is 193 Å². The number of halogens is 6. The molecule has 3 aliphatic rings. The van der Waals surface area contributed by atoms with E-state index in [1.807, 2.05) is 0 Å². The summed E-state index contributed by atoms with van der Waals surface area (Å²) in [4.78, 5) is 27.7. The highest BCUT2D eigenvalue weighted by atomic mass is 19.4. The van der Waals surface area contributed by atoms with Gasteiger partial charge >= 0.3 is 18.4 Å². The fraction of sp³-hybridized carbons (Fsp3) is 0.652. The molecule has 0 N–H and O–H groups in total. The molecular weight excluding hydrogens is 466 g/mol. The number of piperidine rings is 1. The van der Waals surface area contributed by atoms with Crippen LogP contribution in [-0.4, -0.2) is 66.7 Å². The van der Waals surface area contributed by atoms with Gasteiger partial charge in [0.25, 0.3) is 0 Å². The van der Waals surface area contributed by atoms with Gasteiger partial charge in [0, 0.05) is 38.5 Å². The van der Waals surface area contributed by atoms with Crippen LogP contribution in [0, 0.1) is 11.8 Å².